The third-order valence-electron chi connectivity index (χ3n) is 5.72. The number of thiazole rings is 1. The van der Waals surface area contributed by atoms with Gasteiger partial charge < -0.3 is 10.2 Å². The molecule has 4 nitrogen and oxygen atoms in total. The van der Waals surface area contributed by atoms with Crippen molar-refractivity contribution >= 4 is 49.1 Å². The second-order valence-electron chi connectivity index (χ2n) is 7.74. The van der Waals surface area contributed by atoms with Crippen LogP contribution < -0.4 is 10.2 Å². The third kappa shape index (κ3) is 3.58. The lowest BCUT2D eigenvalue weighted by Crippen LogP contribution is -2.38. The Hall–Kier alpha value is -2.92. The SMILES string of the molecule is Cc1ccc2nc(N3CCC(C(=O)Nc4cccc5ccccc45)CC3)sc2c1. The van der Waals surface area contributed by atoms with Crippen LogP contribution in [0.1, 0.15) is 18.4 Å². The lowest BCUT2D eigenvalue weighted by atomic mass is 9.96. The first kappa shape index (κ1) is 18.1. The van der Waals surface area contributed by atoms with Gasteiger partial charge >= 0.3 is 0 Å². The molecule has 1 aliphatic heterocycles. The summed E-state index contributed by atoms with van der Waals surface area (Å²) in [5, 5.41) is 6.47. The van der Waals surface area contributed by atoms with Crippen LogP contribution in [0.15, 0.2) is 60.7 Å². The van der Waals surface area contributed by atoms with Gasteiger partial charge in [-0.3, -0.25) is 4.79 Å². The molecule has 1 fully saturated rings. The molecule has 0 saturated carbocycles. The smallest absolute Gasteiger partial charge is 0.227 e. The van der Waals surface area contributed by atoms with Gasteiger partial charge in [-0.1, -0.05) is 53.8 Å². The summed E-state index contributed by atoms with van der Waals surface area (Å²) >= 11 is 1.75. The van der Waals surface area contributed by atoms with Crippen molar-refractivity contribution in [3.8, 4) is 0 Å². The number of fused-ring (bicyclic) bond motifs is 2. The van der Waals surface area contributed by atoms with Crippen LogP contribution in [0.4, 0.5) is 10.8 Å². The number of carbonyl (C=O) groups is 1. The normalized spacial score (nSPS) is 15.1. The van der Waals surface area contributed by atoms with Crippen LogP contribution in [-0.2, 0) is 4.79 Å². The van der Waals surface area contributed by atoms with Crippen LogP contribution in [0, 0.1) is 12.8 Å². The molecule has 5 rings (SSSR count). The molecule has 0 spiro atoms. The molecule has 1 aromatic heterocycles. The number of aromatic nitrogens is 1. The number of carbonyl (C=O) groups excluding carboxylic acids is 1. The first-order valence-electron chi connectivity index (χ1n) is 10.1. The van der Waals surface area contributed by atoms with Crippen molar-refractivity contribution in [2.75, 3.05) is 23.3 Å². The molecule has 2 heterocycles. The summed E-state index contributed by atoms with van der Waals surface area (Å²) in [6, 6.07) is 20.6. The molecule has 1 amide bonds. The summed E-state index contributed by atoms with van der Waals surface area (Å²) < 4.78 is 1.23. The molecule has 1 aliphatic rings. The van der Waals surface area contributed by atoms with Gasteiger partial charge in [0.15, 0.2) is 5.13 Å². The molecule has 0 radical (unpaired) electrons. The van der Waals surface area contributed by atoms with Crippen LogP contribution in [0.25, 0.3) is 21.0 Å². The van der Waals surface area contributed by atoms with E-state index in [-0.39, 0.29) is 11.8 Å². The molecule has 146 valence electrons. The number of nitrogens with one attached hydrogen (secondary N) is 1. The highest BCUT2D eigenvalue weighted by atomic mass is 32.1. The quantitative estimate of drug-likeness (QED) is 0.485. The van der Waals surface area contributed by atoms with E-state index in [2.05, 4.69) is 53.5 Å². The Morgan fingerprint density at radius 2 is 1.86 bits per heavy atom. The molecule has 0 atom stereocenters. The molecule has 1 N–H and O–H groups in total. The molecular weight excluding hydrogens is 378 g/mol. The molecule has 0 aliphatic carbocycles. The molecule has 5 heteroatoms. The fourth-order valence-corrected chi connectivity index (χ4v) is 5.17. The number of piperidine rings is 1. The Morgan fingerprint density at radius 3 is 2.72 bits per heavy atom. The minimum atomic E-state index is 0.0434. The zero-order valence-corrected chi connectivity index (χ0v) is 17.2. The fraction of sp³-hybridized carbons (Fsp3) is 0.250. The van der Waals surface area contributed by atoms with E-state index in [0.29, 0.717) is 0 Å². The topological polar surface area (TPSA) is 45.2 Å². The van der Waals surface area contributed by atoms with E-state index in [1.807, 2.05) is 24.3 Å². The number of nitrogens with zero attached hydrogens (tertiary/aromatic N) is 2. The van der Waals surface area contributed by atoms with Crippen LogP contribution in [0.2, 0.25) is 0 Å². The summed E-state index contributed by atoms with van der Waals surface area (Å²) in [6.07, 6.45) is 1.71. The number of amides is 1. The first-order valence-corrected chi connectivity index (χ1v) is 10.9. The van der Waals surface area contributed by atoms with Crippen LogP contribution in [0.5, 0.6) is 0 Å². The Kier molecular flexibility index (Phi) is 4.68. The highest BCUT2D eigenvalue weighted by Gasteiger charge is 2.26. The molecular formula is C24H23N3OS. The van der Waals surface area contributed by atoms with E-state index in [1.165, 1.54) is 10.3 Å². The molecule has 0 unspecified atom stereocenters. The van der Waals surface area contributed by atoms with Crippen LogP contribution in [-0.4, -0.2) is 24.0 Å². The van der Waals surface area contributed by atoms with E-state index in [9.17, 15) is 4.79 Å². The lowest BCUT2D eigenvalue weighted by molar-refractivity contribution is -0.120. The van der Waals surface area contributed by atoms with E-state index in [1.54, 1.807) is 11.3 Å². The third-order valence-corrected chi connectivity index (χ3v) is 6.80. The Bertz CT molecular complexity index is 1190. The maximum Gasteiger partial charge on any atom is 0.227 e. The van der Waals surface area contributed by atoms with Gasteiger partial charge in [0.2, 0.25) is 5.91 Å². The average Bonchev–Trinajstić information content (AvgIpc) is 3.17. The van der Waals surface area contributed by atoms with E-state index in [0.717, 1.165) is 53.0 Å². The van der Waals surface area contributed by atoms with Crippen molar-refractivity contribution in [3.63, 3.8) is 0 Å². The maximum atomic E-state index is 12.9. The highest BCUT2D eigenvalue weighted by molar-refractivity contribution is 7.22. The summed E-state index contributed by atoms with van der Waals surface area (Å²) in [5.41, 5.74) is 3.22. The number of anilines is 2. The molecule has 0 bridgehead atoms. The van der Waals surface area contributed by atoms with Crippen molar-refractivity contribution in [2.24, 2.45) is 5.92 Å². The van der Waals surface area contributed by atoms with Crippen molar-refractivity contribution in [1.82, 2.24) is 4.98 Å². The largest absolute Gasteiger partial charge is 0.348 e. The van der Waals surface area contributed by atoms with Gasteiger partial charge in [0.25, 0.3) is 0 Å². The number of aryl methyl sites for hydroxylation is 1. The van der Waals surface area contributed by atoms with Crippen molar-refractivity contribution in [3.05, 3.63) is 66.2 Å². The number of benzene rings is 3. The Morgan fingerprint density at radius 1 is 1.07 bits per heavy atom. The Balaban J connectivity index is 1.26. The summed E-state index contributed by atoms with van der Waals surface area (Å²) in [5.74, 6) is 0.169. The summed E-state index contributed by atoms with van der Waals surface area (Å²) in [6.45, 7) is 3.84. The van der Waals surface area contributed by atoms with Gasteiger partial charge in [-0.2, -0.15) is 0 Å². The van der Waals surface area contributed by atoms with Gasteiger partial charge in [0.1, 0.15) is 0 Å². The summed E-state index contributed by atoms with van der Waals surface area (Å²) in [7, 11) is 0. The number of rotatable bonds is 3. The van der Waals surface area contributed by atoms with Gasteiger partial charge in [-0.15, -0.1) is 0 Å². The molecule has 4 aromatic rings. The second kappa shape index (κ2) is 7.48. The minimum absolute atomic E-state index is 0.0434. The molecule has 29 heavy (non-hydrogen) atoms. The van der Waals surface area contributed by atoms with Crippen molar-refractivity contribution in [2.45, 2.75) is 19.8 Å². The highest BCUT2D eigenvalue weighted by Crippen LogP contribution is 2.32. The standard InChI is InChI=1S/C24H23N3OS/c1-16-9-10-21-22(15-16)29-24(26-21)27-13-11-18(12-14-27)23(28)25-20-8-4-6-17-5-2-3-7-19(17)20/h2-10,15,18H,11-14H2,1H3,(H,25,28). The van der Waals surface area contributed by atoms with Gasteiger partial charge in [0.05, 0.1) is 10.2 Å². The van der Waals surface area contributed by atoms with Gasteiger partial charge in [-0.25, -0.2) is 4.98 Å². The first-order chi connectivity index (χ1) is 14.2. The van der Waals surface area contributed by atoms with Gasteiger partial charge in [0, 0.05) is 30.1 Å². The predicted octanol–water partition coefficient (Wildman–Crippen LogP) is 5.61. The average molecular weight is 402 g/mol. The molecule has 1 saturated heterocycles. The number of hydrogen-bond donors (Lipinski definition) is 1. The van der Waals surface area contributed by atoms with Crippen LogP contribution in [0.3, 0.4) is 0 Å². The Labute approximate surface area is 174 Å². The zero-order valence-electron chi connectivity index (χ0n) is 16.4. The summed E-state index contributed by atoms with van der Waals surface area (Å²) in [4.78, 5) is 20.0. The van der Waals surface area contributed by atoms with Gasteiger partial charge in [-0.05, 0) is 48.9 Å². The monoisotopic (exact) mass is 401 g/mol. The van der Waals surface area contributed by atoms with Crippen LogP contribution >= 0.6 is 11.3 Å². The molecule has 3 aromatic carbocycles. The number of hydrogen-bond acceptors (Lipinski definition) is 4. The van der Waals surface area contributed by atoms with Crippen molar-refractivity contribution < 1.29 is 4.79 Å². The van der Waals surface area contributed by atoms with E-state index in [4.69, 9.17) is 4.98 Å². The van der Waals surface area contributed by atoms with E-state index >= 15 is 0 Å². The van der Waals surface area contributed by atoms with E-state index < -0.39 is 0 Å². The minimum Gasteiger partial charge on any atom is -0.348 e. The maximum absolute atomic E-state index is 12.9. The zero-order chi connectivity index (χ0) is 19.8. The second-order valence-corrected chi connectivity index (χ2v) is 8.75. The fourth-order valence-electron chi connectivity index (χ4n) is 4.06. The van der Waals surface area contributed by atoms with Crippen molar-refractivity contribution in [1.29, 1.82) is 0 Å². The lowest BCUT2D eigenvalue weighted by Gasteiger charge is -2.31. The predicted molar refractivity (Wildman–Crippen MR) is 122 cm³/mol.